The Morgan fingerprint density at radius 3 is 2.72 bits per heavy atom. The van der Waals surface area contributed by atoms with Crippen molar-refractivity contribution in [1.82, 2.24) is 19.8 Å². The minimum atomic E-state index is -0.179. The molecule has 1 N–H and O–H groups in total. The van der Waals surface area contributed by atoms with Gasteiger partial charge in [0.25, 0.3) is 11.5 Å². The summed E-state index contributed by atoms with van der Waals surface area (Å²) in [6.45, 7) is 4.71. The highest BCUT2D eigenvalue weighted by molar-refractivity contribution is 5.95. The zero-order valence-electron chi connectivity index (χ0n) is 14.4. The third kappa shape index (κ3) is 2.87. The summed E-state index contributed by atoms with van der Waals surface area (Å²) in [4.78, 5) is 32.0. The molecule has 1 amide bonds. The van der Waals surface area contributed by atoms with E-state index in [1.807, 2.05) is 25.3 Å². The zero-order valence-corrected chi connectivity index (χ0v) is 14.4. The van der Waals surface area contributed by atoms with E-state index in [1.165, 1.54) is 0 Å². The van der Waals surface area contributed by atoms with Crippen molar-refractivity contribution in [3.63, 3.8) is 0 Å². The monoisotopic (exact) mass is 338 g/mol. The number of rotatable bonds is 2. The van der Waals surface area contributed by atoms with E-state index >= 15 is 0 Å². The molecule has 0 atom stereocenters. The fraction of sp³-hybridized carbons (Fsp3) is 0.421. The lowest BCUT2D eigenvalue weighted by Crippen LogP contribution is -2.38. The molecule has 0 aromatic carbocycles. The topological polar surface area (TPSA) is 67.2 Å². The Kier molecular flexibility index (Phi) is 4.13. The number of hydrogen-bond donors (Lipinski definition) is 1. The SMILES string of the molecule is Cc1ccn(C2CCNCC2)c(=O)c1C(=O)N1Cc2ccncc2C1. The zero-order chi connectivity index (χ0) is 17.4. The van der Waals surface area contributed by atoms with Crippen molar-refractivity contribution in [2.45, 2.75) is 38.9 Å². The Balaban J connectivity index is 1.66. The van der Waals surface area contributed by atoms with Gasteiger partial charge in [-0.1, -0.05) is 0 Å². The molecule has 0 unspecified atom stereocenters. The maximum Gasteiger partial charge on any atom is 0.263 e. The van der Waals surface area contributed by atoms with Crippen molar-refractivity contribution in [2.24, 2.45) is 0 Å². The van der Waals surface area contributed by atoms with Crippen LogP contribution in [0.4, 0.5) is 0 Å². The van der Waals surface area contributed by atoms with Gasteiger partial charge in [-0.3, -0.25) is 14.6 Å². The number of nitrogens with zero attached hydrogens (tertiary/aromatic N) is 3. The molecule has 2 aromatic heterocycles. The summed E-state index contributed by atoms with van der Waals surface area (Å²) >= 11 is 0. The molecule has 130 valence electrons. The lowest BCUT2D eigenvalue weighted by Gasteiger charge is -2.26. The van der Waals surface area contributed by atoms with E-state index in [2.05, 4.69) is 10.3 Å². The van der Waals surface area contributed by atoms with Crippen LogP contribution in [0.1, 0.15) is 45.9 Å². The van der Waals surface area contributed by atoms with Gasteiger partial charge in [0.1, 0.15) is 5.56 Å². The largest absolute Gasteiger partial charge is 0.330 e. The van der Waals surface area contributed by atoms with Gasteiger partial charge in [0.2, 0.25) is 0 Å². The number of amides is 1. The summed E-state index contributed by atoms with van der Waals surface area (Å²) in [6, 6.07) is 4.00. The average molecular weight is 338 g/mol. The molecule has 6 nitrogen and oxygen atoms in total. The van der Waals surface area contributed by atoms with Gasteiger partial charge in [-0.25, -0.2) is 0 Å². The first-order valence-electron chi connectivity index (χ1n) is 8.78. The molecule has 2 aliphatic heterocycles. The maximum atomic E-state index is 13.1. The predicted octanol–water partition coefficient (Wildman–Crippen LogP) is 1.63. The minimum Gasteiger partial charge on any atom is -0.330 e. The molecule has 25 heavy (non-hydrogen) atoms. The Morgan fingerprint density at radius 2 is 1.96 bits per heavy atom. The van der Waals surface area contributed by atoms with Crippen LogP contribution in [0.25, 0.3) is 0 Å². The van der Waals surface area contributed by atoms with Crippen LogP contribution in [0, 0.1) is 6.92 Å². The third-order valence-electron chi connectivity index (χ3n) is 5.26. The van der Waals surface area contributed by atoms with Gasteiger partial charge in [-0.2, -0.15) is 0 Å². The molecule has 0 bridgehead atoms. The predicted molar refractivity (Wildman–Crippen MR) is 94.4 cm³/mol. The first kappa shape index (κ1) is 16.0. The molecule has 1 saturated heterocycles. The van der Waals surface area contributed by atoms with Crippen LogP contribution in [-0.2, 0) is 13.1 Å². The summed E-state index contributed by atoms with van der Waals surface area (Å²) in [5, 5.41) is 3.31. The van der Waals surface area contributed by atoms with Crippen LogP contribution < -0.4 is 10.9 Å². The van der Waals surface area contributed by atoms with Crippen molar-refractivity contribution >= 4 is 5.91 Å². The summed E-state index contributed by atoms with van der Waals surface area (Å²) in [5.41, 5.74) is 3.06. The van der Waals surface area contributed by atoms with Crippen molar-refractivity contribution in [3.8, 4) is 0 Å². The molecular weight excluding hydrogens is 316 g/mol. The summed E-state index contributed by atoms with van der Waals surface area (Å²) < 4.78 is 1.76. The fourth-order valence-electron chi connectivity index (χ4n) is 3.79. The van der Waals surface area contributed by atoms with E-state index in [4.69, 9.17) is 0 Å². The normalized spacial score (nSPS) is 17.6. The Labute approximate surface area is 146 Å². The van der Waals surface area contributed by atoms with E-state index in [0.717, 1.165) is 42.6 Å². The molecule has 6 heteroatoms. The van der Waals surface area contributed by atoms with Crippen molar-refractivity contribution in [1.29, 1.82) is 0 Å². The van der Waals surface area contributed by atoms with Gasteiger partial charge in [-0.15, -0.1) is 0 Å². The number of pyridine rings is 2. The molecule has 4 heterocycles. The smallest absolute Gasteiger partial charge is 0.263 e. The molecular formula is C19H22N4O2. The highest BCUT2D eigenvalue weighted by Crippen LogP contribution is 2.24. The number of nitrogens with one attached hydrogen (secondary N) is 1. The first-order valence-corrected chi connectivity index (χ1v) is 8.78. The van der Waals surface area contributed by atoms with E-state index in [-0.39, 0.29) is 17.5 Å². The molecule has 0 aliphatic carbocycles. The number of piperidine rings is 1. The van der Waals surface area contributed by atoms with Gasteiger partial charge < -0.3 is 14.8 Å². The Morgan fingerprint density at radius 1 is 1.20 bits per heavy atom. The van der Waals surface area contributed by atoms with Crippen LogP contribution in [-0.4, -0.2) is 33.4 Å². The summed E-state index contributed by atoms with van der Waals surface area (Å²) in [5.74, 6) is -0.179. The quantitative estimate of drug-likeness (QED) is 0.904. The van der Waals surface area contributed by atoms with E-state index in [9.17, 15) is 9.59 Å². The van der Waals surface area contributed by atoms with E-state index in [0.29, 0.717) is 18.7 Å². The lowest BCUT2D eigenvalue weighted by molar-refractivity contribution is 0.0747. The van der Waals surface area contributed by atoms with Crippen LogP contribution in [0.2, 0.25) is 0 Å². The van der Waals surface area contributed by atoms with Gasteiger partial charge in [0.05, 0.1) is 0 Å². The molecule has 0 radical (unpaired) electrons. The first-order chi connectivity index (χ1) is 12.1. The van der Waals surface area contributed by atoms with Gasteiger partial charge in [0.15, 0.2) is 0 Å². The number of aromatic nitrogens is 2. The van der Waals surface area contributed by atoms with Gasteiger partial charge in [0, 0.05) is 37.7 Å². The number of carbonyl (C=O) groups is 1. The minimum absolute atomic E-state index is 0.161. The second-order valence-corrected chi connectivity index (χ2v) is 6.87. The molecule has 1 fully saturated rings. The Bertz CT molecular complexity index is 843. The van der Waals surface area contributed by atoms with Gasteiger partial charge >= 0.3 is 0 Å². The van der Waals surface area contributed by atoms with E-state index in [1.54, 1.807) is 21.9 Å². The van der Waals surface area contributed by atoms with Crippen LogP contribution in [0.15, 0.2) is 35.5 Å². The average Bonchev–Trinajstić information content (AvgIpc) is 3.07. The second-order valence-electron chi connectivity index (χ2n) is 6.87. The van der Waals surface area contributed by atoms with Crippen molar-refractivity contribution < 1.29 is 4.79 Å². The summed E-state index contributed by atoms with van der Waals surface area (Å²) in [7, 11) is 0. The van der Waals surface area contributed by atoms with Crippen molar-refractivity contribution in [3.05, 3.63) is 63.3 Å². The molecule has 2 aromatic rings. The fourth-order valence-corrected chi connectivity index (χ4v) is 3.79. The number of carbonyl (C=O) groups excluding carboxylic acids is 1. The summed E-state index contributed by atoms with van der Waals surface area (Å²) in [6.07, 6.45) is 7.21. The van der Waals surface area contributed by atoms with Crippen molar-refractivity contribution in [2.75, 3.05) is 13.1 Å². The number of hydrogen-bond acceptors (Lipinski definition) is 4. The highest BCUT2D eigenvalue weighted by atomic mass is 16.2. The Hall–Kier alpha value is -2.47. The molecule has 0 spiro atoms. The van der Waals surface area contributed by atoms with Gasteiger partial charge in [-0.05, 0) is 61.7 Å². The van der Waals surface area contributed by atoms with Crippen LogP contribution in [0.3, 0.4) is 0 Å². The number of fused-ring (bicyclic) bond motifs is 1. The van der Waals surface area contributed by atoms with E-state index < -0.39 is 0 Å². The van der Waals surface area contributed by atoms with Crippen LogP contribution in [0.5, 0.6) is 0 Å². The highest BCUT2D eigenvalue weighted by Gasteiger charge is 2.28. The van der Waals surface area contributed by atoms with Crippen LogP contribution >= 0.6 is 0 Å². The standard InChI is InChI=1S/C19H22N4O2/c1-13-5-9-23(16-3-7-20-8-4-16)19(25)17(13)18(24)22-11-14-2-6-21-10-15(14)12-22/h2,5-6,9-10,16,20H,3-4,7-8,11-12H2,1H3. The molecule has 0 saturated carbocycles. The molecule has 2 aliphatic rings. The second kappa shape index (κ2) is 6.44. The number of aryl methyl sites for hydroxylation is 1. The lowest BCUT2D eigenvalue weighted by atomic mass is 10.0. The third-order valence-corrected chi connectivity index (χ3v) is 5.26. The molecule has 4 rings (SSSR count). The maximum absolute atomic E-state index is 13.1.